The molecular weight excluding hydrogens is 152 g/mol. The number of hydrogen-bond donors (Lipinski definition) is 0. The molecular formula is C10H22O2. The van der Waals surface area contributed by atoms with Gasteiger partial charge in [0.05, 0.1) is 0 Å². The molecule has 0 aliphatic heterocycles. The first-order valence-electron chi connectivity index (χ1n) is 4.85. The lowest BCUT2D eigenvalue weighted by Crippen LogP contribution is -2.40. The van der Waals surface area contributed by atoms with Crippen LogP contribution >= 0.6 is 0 Å². The summed E-state index contributed by atoms with van der Waals surface area (Å²) in [6.45, 7) is 9.15. The Kier molecular flexibility index (Phi) is 5.51. The zero-order chi connectivity index (χ0) is 9.61. The molecule has 2 nitrogen and oxygen atoms in total. The van der Waals surface area contributed by atoms with E-state index in [2.05, 4.69) is 20.8 Å². The van der Waals surface area contributed by atoms with Crippen molar-refractivity contribution in [2.45, 2.75) is 46.3 Å². The third-order valence-electron chi connectivity index (χ3n) is 2.59. The molecule has 0 saturated heterocycles. The predicted octanol–water partition coefficient (Wildman–Crippen LogP) is 2.82. The molecule has 12 heavy (non-hydrogen) atoms. The first-order valence-corrected chi connectivity index (χ1v) is 4.85. The highest BCUT2D eigenvalue weighted by Crippen LogP contribution is 2.28. The van der Waals surface area contributed by atoms with Gasteiger partial charge in [-0.2, -0.15) is 0 Å². The number of hydrogen-bond acceptors (Lipinski definition) is 2. The fourth-order valence-corrected chi connectivity index (χ4v) is 1.55. The maximum absolute atomic E-state index is 5.66. The van der Waals surface area contributed by atoms with Crippen molar-refractivity contribution >= 4 is 0 Å². The molecule has 2 unspecified atom stereocenters. The van der Waals surface area contributed by atoms with E-state index in [4.69, 9.17) is 9.47 Å². The zero-order valence-corrected chi connectivity index (χ0v) is 9.02. The standard InChI is InChI=1S/C10H22O2/c1-6-9(4)10(7-2,11-5)12-8-3/h9H,6-8H2,1-5H3. The highest BCUT2D eigenvalue weighted by Gasteiger charge is 2.33. The van der Waals surface area contributed by atoms with Gasteiger partial charge in [0, 0.05) is 19.6 Å². The second kappa shape index (κ2) is 5.55. The molecule has 74 valence electrons. The fraction of sp³-hybridized carbons (Fsp3) is 1.00. The quantitative estimate of drug-likeness (QED) is 0.576. The molecule has 0 radical (unpaired) electrons. The number of ether oxygens (including phenoxy) is 2. The van der Waals surface area contributed by atoms with Crippen LogP contribution in [0.4, 0.5) is 0 Å². The molecule has 0 rings (SSSR count). The molecule has 0 bridgehead atoms. The van der Waals surface area contributed by atoms with Gasteiger partial charge in [0.2, 0.25) is 0 Å². The Morgan fingerprint density at radius 3 is 2.08 bits per heavy atom. The van der Waals surface area contributed by atoms with Crippen molar-refractivity contribution in [1.82, 2.24) is 0 Å². The van der Waals surface area contributed by atoms with Gasteiger partial charge < -0.3 is 9.47 Å². The van der Waals surface area contributed by atoms with Crippen LogP contribution in [-0.2, 0) is 9.47 Å². The van der Waals surface area contributed by atoms with Crippen LogP contribution in [0.2, 0.25) is 0 Å². The molecule has 0 amide bonds. The smallest absolute Gasteiger partial charge is 0.170 e. The van der Waals surface area contributed by atoms with Gasteiger partial charge in [0.15, 0.2) is 5.79 Å². The van der Waals surface area contributed by atoms with Crippen LogP contribution in [0.25, 0.3) is 0 Å². The molecule has 0 heterocycles. The van der Waals surface area contributed by atoms with Gasteiger partial charge in [-0.15, -0.1) is 0 Å². The van der Waals surface area contributed by atoms with E-state index in [1.165, 1.54) is 0 Å². The summed E-state index contributed by atoms with van der Waals surface area (Å²) in [6, 6.07) is 0. The van der Waals surface area contributed by atoms with E-state index in [9.17, 15) is 0 Å². The van der Waals surface area contributed by atoms with Crippen LogP contribution in [-0.4, -0.2) is 19.5 Å². The van der Waals surface area contributed by atoms with Crippen molar-refractivity contribution in [2.24, 2.45) is 5.92 Å². The molecule has 0 aliphatic rings. The minimum Gasteiger partial charge on any atom is -0.353 e. The van der Waals surface area contributed by atoms with Gasteiger partial charge >= 0.3 is 0 Å². The van der Waals surface area contributed by atoms with E-state index in [0.717, 1.165) is 12.8 Å². The van der Waals surface area contributed by atoms with Crippen molar-refractivity contribution < 1.29 is 9.47 Å². The van der Waals surface area contributed by atoms with E-state index in [1.807, 2.05) is 6.92 Å². The monoisotopic (exact) mass is 174 g/mol. The Labute approximate surface area is 76.3 Å². The minimum atomic E-state index is -0.358. The first-order chi connectivity index (χ1) is 5.66. The van der Waals surface area contributed by atoms with Gasteiger partial charge in [-0.1, -0.05) is 20.8 Å². The molecule has 0 saturated carbocycles. The average molecular weight is 174 g/mol. The van der Waals surface area contributed by atoms with Crippen LogP contribution in [0.3, 0.4) is 0 Å². The van der Waals surface area contributed by atoms with Crippen molar-refractivity contribution in [3.8, 4) is 0 Å². The summed E-state index contributed by atoms with van der Waals surface area (Å²) in [5.41, 5.74) is 0. The van der Waals surface area contributed by atoms with Crippen molar-refractivity contribution in [1.29, 1.82) is 0 Å². The SMILES string of the molecule is CCOC(CC)(OC)C(C)CC. The lowest BCUT2D eigenvalue weighted by molar-refractivity contribution is -0.251. The molecule has 0 aromatic heterocycles. The Morgan fingerprint density at radius 2 is 1.83 bits per heavy atom. The molecule has 0 N–H and O–H groups in total. The second-order valence-corrected chi connectivity index (χ2v) is 3.11. The minimum absolute atomic E-state index is 0.358. The van der Waals surface area contributed by atoms with Gasteiger partial charge in [0.1, 0.15) is 0 Å². The summed E-state index contributed by atoms with van der Waals surface area (Å²) in [5.74, 6) is 0.0937. The lowest BCUT2D eigenvalue weighted by atomic mass is 9.95. The summed E-state index contributed by atoms with van der Waals surface area (Å²) in [5, 5.41) is 0. The Hall–Kier alpha value is -0.0800. The molecule has 0 aliphatic carbocycles. The summed E-state index contributed by atoms with van der Waals surface area (Å²) < 4.78 is 11.1. The predicted molar refractivity (Wildman–Crippen MR) is 51.1 cm³/mol. The number of rotatable bonds is 6. The van der Waals surface area contributed by atoms with Crippen molar-refractivity contribution in [2.75, 3.05) is 13.7 Å². The normalized spacial score (nSPS) is 18.8. The highest BCUT2D eigenvalue weighted by atomic mass is 16.7. The molecule has 0 aromatic carbocycles. The molecule has 0 spiro atoms. The van der Waals surface area contributed by atoms with E-state index < -0.39 is 0 Å². The molecule has 2 atom stereocenters. The van der Waals surface area contributed by atoms with Gasteiger partial charge in [0.25, 0.3) is 0 Å². The fourth-order valence-electron chi connectivity index (χ4n) is 1.55. The van der Waals surface area contributed by atoms with Gasteiger partial charge in [-0.05, 0) is 19.8 Å². The van der Waals surface area contributed by atoms with E-state index in [-0.39, 0.29) is 5.79 Å². The van der Waals surface area contributed by atoms with Crippen LogP contribution in [0, 0.1) is 5.92 Å². The summed E-state index contributed by atoms with van der Waals surface area (Å²) in [4.78, 5) is 0. The highest BCUT2D eigenvalue weighted by molar-refractivity contribution is 4.73. The maximum Gasteiger partial charge on any atom is 0.170 e. The van der Waals surface area contributed by atoms with Crippen LogP contribution in [0.5, 0.6) is 0 Å². The van der Waals surface area contributed by atoms with Crippen molar-refractivity contribution in [3.63, 3.8) is 0 Å². The van der Waals surface area contributed by atoms with Crippen LogP contribution in [0.1, 0.15) is 40.5 Å². The van der Waals surface area contributed by atoms with Crippen molar-refractivity contribution in [3.05, 3.63) is 0 Å². The Balaban J connectivity index is 4.33. The molecule has 0 fully saturated rings. The third kappa shape index (κ3) is 2.46. The third-order valence-corrected chi connectivity index (χ3v) is 2.59. The summed E-state index contributed by atoms with van der Waals surface area (Å²) in [7, 11) is 1.73. The largest absolute Gasteiger partial charge is 0.353 e. The van der Waals surface area contributed by atoms with Gasteiger partial charge in [-0.3, -0.25) is 0 Å². The lowest BCUT2D eigenvalue weighted by Gasteiger charge is -2.36. The van der Waals surface area contributed by atoms with Gasteiger partial charge in [-0.25, -0.2) is 0 Å². The topological polar surface area (TPSA) is 18.5 Å². The van der Waals surface area contributed by atoms with E-state index >= 15 is 0 Å². The zero-order valence-electron chi connectivity index (χ0n) is 9.02. The Bertz CT molecular complexity index is 108. The Morgan fingerprint density at radius 1 is 1.25 bits per heavy atom. The van der Waals surface area contributed by atoms with E-state index in [0.29, 0.717) is 12.5 Å². The first kappa shape index (κ1) is 11.9. The van der Waals surface area contributed by atoms with E-state index in [1.54, 1.807) is 7.11 Å². The number of methoxy groups -OCH3 is 1. The summed E-state index contributed by atoms with van der Waals surface area (Å²) in [6.07, 6.45) is 1.99. The molecule has 2 heteroatoms. The second-order valence-electron chi connectivity index (χ2n) is 3.11. The molecule has 0 aromatic rings. The average Bonchev–Trinajstić information content (AvgIpc) is 2.13. The van der Waals surface area contributed by atoms with Crippen LogP contribution in [0.15, 0.2) is 0 Å². The van der Waals surface area contributed by atoms with Crippen LogP contribution < -0.4 is 0 Å². The maximum atomic E-state index is 5.66. The summed E-state index contributed by atoms with van der Waals surface area (Å²) >= 11 is 0.